The van der Waals surface area contributed by atoms with Crippen molar-refractivity contribution in [3.63, 3.8) is 0 Å². The highest BCUT2D eigenvalue weighted by Gasteiger charge is 2.19. The van der Waals surface area contributed by atoms with Crippen LogP contribution in [0.15, 0.2) is 77.7 Å². The van der Waals surface area contributed by atoms with Crippen LogP contribution in [0.5, 0.6) is 0 Å². The van der Waals surface area contributed by atoms with Gasteiger partial charge in [-0.3, -0.25) is 4.72 Å². The zero-order valence-electron chi connectivity index (χ0n) is 16.0. The van der Waals surface area contributed by atoms with Crippen molar-refractivity contribution in [1.82, 2.24) is 9.97 Å². The molecule has 0 bridgehead atoms. The Balaban J connectivity index is 1.81. The van der Waals surface area contributed by atoms with E-state index in [1.165, 1.54) is 12.1 Å². The van der Waals surface area contributed by atoms with E-state index in [0.29, 0.717) is 16.9 Å². The van der Waals surface area contributed by atoms with Crippen LogP contribution >= 0.6 is 0 Å². The second-order valence-corrected chi connectivity index (χ2v) is 8.38. The molecular formula is C22H20N4O2S. The lowest BCUT2D eigenvalue weighted by molar-refractivity contribution is 0.601. The minimum absolute atomic E-state index is 0.147. The molecule has 0 unspecified atom stereocenters. The molecule has 1 heterocycles. The second kappa shape index (κ2) is 7.52. The number of rotatable bonds is 5. The molecule has 4 aromatic rings. The number of aryl methyl sites for hydroxylation is 1. The normalized spacial score (nSPS) is 11.4. The highest BCUT2D eigenvalue weighted by molar-refractivity contribution is 7.92. The highest BCUT2D eigenvalue weighted by Crippen LogP contribution is 2.29. The first-order chi connectivity index (χ1) is 13.9. The summed E-state index contributed by atoms with van der Waals surface area (Å²) in [5, 5.41) is 3.25. The smallest absolute Gasteiger partial charge is 0.263 e. The minimum atomic E-state index is -3.81. The van der Waals surface area contributed by atoms with Crippen LogP contribution in [0.4, 0.5) is 17.3 Å². The second-order valence-electron chi connectivity index (χ2n) is 6.70. The number of fused-ring (bicyclic) bond motifs is 1. The van der Waals surface area contributed by atoms with E-state index in [1.807, 2.05) is 50.2 Å². The Morgan fingerprint density at radius 3 is 2.03 bits per heavy atom. The first-order valence-corrected chi connectivity index (χ1v) is 10.6. The Morgan fingerprint density at radius 1 is 0.724 bits per heavy atom. The minimum Gasteiger partial charge on any atom is -0.337 e. The molecule has 0 aliphatic rings. The third-order valence-electron chi connectivity index (χ3n) is 4.71. The monoisotopic (exact) mass is 404 g/mol. The molecule has 2 N–H and O–H groups in total. The average Bonchev–Trinajstić information content (AvgIpc) is 2.72. The summed E-state index contributed by atoms with van der Waals surface area (Å²) in [4.78, 5) is 9.30. The fourth-order valence-electron chi connectivity index (χ4n) is 2.96. The van der Waals surface area contributed by atoms with Crippen LogP contribution in [0.25, 0.3) is 11.0 Å². The molecule has 146 valence electrons. The van der Waals surface area contributed by atoms with Gasteiger partial charge in [0.15, 0.2) is 11.6 Å². The summed E-state index contributed by atoms with van der Waals surface area (Å²) in [6.45, 7) is 4.02. The van der Waals surface area contributed by atoms with Crippen molar-refractivity contribution in [3.05, 3.63) is 83.9 Å². The topological polar surface area (TPSA) is 84.0 Å². The van der Waals surface area contributed by atoms with E-state index < -0.39 is 10.0 Å². The van der Waals surface area contributed by atoms with Crippen LogP contribution in [0.1, 0.15) is 11.1 Å². The zero-order valence-corrected chi connectivity index (χ0v) is 16.9. The molecule has 0 aliphatic carbocycles. The first-order valence-electron chi connectivity index (χ1n) is 9.12. The van der Waals surface area contributed by atoms with Crippen molar-refractivity contribution in [3.8, 4) is 0 Å². The fourth-order valence-corrected chi connectivity index (χ4v) is 3.99. The van der Waals surface area contributed by atoms with Gasteiger partial charge in [0, 0.05) is 5.69 Å². The molecule has 29 heavy (non-hydrogen) atoms. The van der Waals surface area contributed by atoms with Gasteiger partial charge in [0.25, 0.3) is 10.0 Å². The van der Waals surface area contributed by atoms with Crippen LogP contribution < -0.4 is 10.0 Å². The predicted octanol–water partition coefficient (Wildman–Crippen LogP) is 4.79. The Morgan fingerprint density at radius 2 is 1.34 bits per heavy atom. The Hall–Kier alpha value is -3.45. The summed E-state index contributed by atoms with van der Waals surface area (Å²) in [7, 11) is -3.81. The number of hydrogen-bond acceptors (Lipinski definition) is 5. The average molecular weight is 404 g/mol. The van der Waals surface area contributed by atoms with Crippen LogP contribution in [0, 0.1) is 13.8 Å². The summed E-state index contributed by atoms with van der Waals surface area (Å²) in [6, 6.07) is 21.4. The molecule has 6 nitrogen and oxygen atoms in total. The number of sulfonamides is 1. The van der Waals surface area contributed by atoms with E-state index >= 15 is 0 Å². The maximum absolute atomic E-state index is 12.9. The van der Waals surface area contributed by atoms with Crippen molar-refractivity contribution in [2.45, 2.75) is 18.7 Å². The largest absolute Gasteiger partial charge is 0.337 e. The third kappa shape index (κ3) is 3.90. The van der Waals surface area contributed by atoms with E-state index in [0.717, 1.165) is 16.8 Å². The van der Waals surface area contributed by atoms with Crippen LogP contribution in [0.3, 0.4) is 0 Å². The Bertz CT molecular complexity index is 1290. The van der Waals surface area contributed by atoms with Gasteiger partial charge in [0.05, 0.1) is 15.9 Å². The molecule has 0 saturated heterocycles. The van der Waals surface area contributed by atoms with Gasteiger partial charge in [-0.2, -0.15) is 0 Å². The fraction of sp³-hybridized carbons (Fsp3) is 0.0909. The molecule has 0 spiro atoms. The molecule has 7 heteroatoms. The lowest BCUT2D eigenvalue weighted by Crippen LogP contribution is -2.16. The number of anilines is 3. The van der Waals surface area contributed by atoms with Gasteiger partial charge in [0.2, 0.25) is 0 Å². The van der Waals surface area contributed by atoms with Gasteiger partial charge >= 0.3 is 0 Å². The molecule has 0 radical (unpaired) electrons. The molecule has 3 aromatic carbocycles. The van der Waals surface area contributed by atoms with Crippen molar-refractivity contribution in [2.24, 2.45) is 0 Å². The lowest BCUT2D eigenvalue weighted by Gasteiger charge is -2.15. The number of hydrogen-bond donors (Lipinski definition) is 2. The lowest BCUT2D eigenvalue weighted by atomic mass is 10.1. The molecule has 0 fully saturated rings. The van der Waals surface area contributed by atoms with Crippen molar-refractivity contribution >= 4 is 38.4 Å². The molecular weight excluding hydrogens is 384 g/mol. The number of para-hydroxylation sites is 2. The summed E-state index contributed by atoms with van der Waals surface area (Å²) in [5.74, 6) is 0.491. The SMILES string of the molecule is Cc1cccc(Nc2nc3ccccc3nc2NS(=O)(=O)c2ccccc2)c1C. The van der Waals surface area contributed by atoms with Gasteiger partial charge in [-0.15, -0.1) is 0 Å². The summed E-state index contributed by atoms with van der Waals surface area (Å²) >= 11 is 0. The quantitative estimate of drug-likeness (QED) is 0.500. The summed E-state index contributed by atoms with van der Waals surface area (Å²) < 4.78 is 28.3. The zero-order chi connectivity index (χ0) is 20.4. The molecule has 0 amide bonds. The predicted molar refractivity (Wildman–Crippen MR) is 116 cm³/mol. The van der Waals surface area contributed by atoms with E-state index in [4.69, 9.17) is 0 Å². The number of benzene rings is 3. The van der Waals surface area contributed by atoms with E-state index in [9.17, 15) is 8.42 Å². The number of nitrogens with zero attached hydrogens (tertiary/aromatic N) is 2. The maximum Gasteiger partial charge on any atom is 0.263 e. The molecule has 0 saturated carbocycles. The molecule has 4 rings (SSSR count). The summed E-state index contributed by atoms with van der Waals surface area (Å²) in [6.07, 6.45) is 0. The number of aromatic nitrogens is 2. The number of nitrogens with one attached hydrogen (secondary N) is 2. The van der Waals surface area contributed by atoms with Gasteiger partial charge in [-0.25, -0.2) is 18.4 Å². The first kappa shape index (κ1) is 18.9. The van der Waals surface area contributed by atoms with Gasteiger partial charge in [0.1, 0.15) is 0 Å². The maximum atomic E-state index is 12.9. The third-order valence-corrected chi connectivity index (χ3v) is 6.07. The van der Waals surface area contributed by atoms with Crippen molar-refractivity contribution in [2.75, 3.05) is 10.0 Å². The van der Waals surface area contributed by atoms with Crippen molar-refractivity contribution in [1.29, 1.82) is 0 Å². The van der Waals surface area contributed by atoms with Crippen molar-refractivity contribution < 1.29 is 8.42 Å². The summed E-state index contributed by atoms with van der Waals surface area (Å²) in [5.41, 5.74) is 4.29. The van der Waals surface area contributed by atoms with E-state index in [-0.39, 0.29) is 10.7 Å². The molecule has 1 aromatic heterocycles. The Labute approximate surface area is 169 Å². The van der Waals surface area contributed by atoms with Crippen LogP contribution in [-0.2, 0) is 10.0 Å². The highest BCUT2D eigenvalue weighted by atomic mass is 32.2. The van der Waals surface area contributed by atoms with Gasteiger partial charge in [-0.1, -0.05) is 42.5 Å². The van der Waals surface area contributed by atoms with Gasteiger partial charge < -0.3 is 5.32 Å². The Kier molecular flexibility index (Phi) is 4.90. The van der Waals surface area contributed by atoms with Crippen LogP contribution in [0.2, 0.25) is 0 Å². The molecule has 0 atom stereocenters. The van der Waals surface area contributed by atoms with Gasteiger partial charge in [-0.05, 0) is 55.3 Å². The van der Waals surface area contributed by atoms with Crippen LogP contribution in [-0.4, -0.2) is 18.4 Å². The molecule has 0 aliphatic heterocycles. The van der Waals surface area contributed by atoms with E-state index in [1.54, 1.807) is 24.3 Å². The van der Waals surface area contributed by atoms with E-state index in [2.05, 4.69) is 20.0 Å². The standard InChI is InChI=1S/C22H20N4O2S/c1-15-9-8-14-18(16(15)2)23-21-22(25-20-13-7-6-12-19(20)24-21)26-29(27,28)17-10-4-3-5-11-17/h3-14H,1-2H3,(H,23,24)(H,25,26).